The average molecular weight is 246 g/mol. The van der Waals surface area contributed by atoms with Gasteiger partial charge in [0.15, 0.2) is 5.13 Å². The number of hydrogen-bond donors (Lipinski definition) is 0. The summed E-state index contributed by atoms with van der Waals surface area (Å²) in [7, 11) is 1.82. The minimum atomic E-state index is 0.205. The fourth-order valence-electron chi connectivity index (χ4n) is 2.01. The maximum Gasteiger partial charge on any atom is 0.231 e. The van der Waals surface area contributed by atoms with Crippen molar-refractivity contribution in [3.8, 4) is 0 Å². The first-order valence-electron chi connectivity index (χ1n) is 5.80. The Morgan fingerprint density at radius 3 is 2.82 bits per heavy atom. The number of aromatic nitrogens is 1. The molecule has 1 saturated carbocycles. The van der Waals surface area contributed by atoms with Gasteiger partial charge in [-0.3, -0.25) is 9.69 Å². The molecule has 2 atom stereocenters. The van der Waals surface area contributed by atoms with Gasteiger partial charge in [-0.25, -0.2) is 4.98 Å². The van der Waals surface area contributed by atoms with Crippen molar-refractivity contribution in [2.24, 2.45) is 11.8 Å². The molecule has 1 fully saturated rings. The molecule has 1 aromatic carbocycles. The highest BCUT2D eigenvalue weighted by Gasteiger charge is 2.41. The molecule has 4 heteroatoms. The van der Waals surface area contributed by atoms with Crippen molar-refractivity contribution in [1.29, 1.82) is 0 Å². The molecule has 0 unspecified atom stereocenters. The van der Waals surface area contributed by atoms with E-state index in [-0.39, 0.29) is 11.8 Å². The molecule has 0 N–H and O–H groups in total. The lowest BCUT2D eigenvalue weighted by Gasteiger charge is -2.12. The van der Waals surface area contributed by atoms with E-state index in [2.05, 4.69) is 11.9 Å². The van der Waals surface area contributed by atoms with Crippen LogP contribution >= 0.6 is 11.3 Å². The van der Waals surface area contributed by atoms with Crippen LogP contribution in [0.25, 0.3) is 10.2 Å². The molecule has 1 aliphatic rings. The van der Waals surface area contributed by atoms with Crippen LogP contribution in [-0.4, -0.2) is 17.9 Å². The van der Waals surface area contributed by atoms with Crippen LogP contribution in [0.5, 0.6) is 0 Å². The van der Waals surface area contributed by atoms with Gasteiger partial charge in [-0.05, 0) is 24.5 Å². The second kappa shape index (κ2) is 3.81. The van der Waals surface area contributed by atoms with E-state index in [1.807, 2.05) is 31.3 Å². The highest BCUT2D eigenvalue weighted by atomic mass is 32.1. The van der Waals surface area contributed by atoms with Gasteiger partial charge in [0.2, 0.25) is 5.91 Å². The zero-order valence-corrected chi connectivity index (χ0v) is 10.7. The summed E-state index contributed by atoms with van der Waals surface area (Å²) in [6.45, 7) is 2.12. The Hall–Kier alpha value is -1.42. The van der Waals surface area contributed by atoms with Crippen molar-refractivity contribution in [2.75, 3.05) is 11.9 Å². The van der Waals surface area contributed by atoms with Crippen molar-refractivity contribution in [1.82, 2.24) is 4.98 Å². The molecule has 0 saturated heterocycles. The number of carbonyl (C=O) groups is 1. The van der Waals surface area contributed by atoms with Gasteiger partial charge in [0.05, 0.1) is 10.2 Å². The maximum absolute atomic E-state index is 12.1. The van der Waals surface area contributed by atoms with Crippen LogP contribution in [0.2, 0.25) is 0 Å². The van der Waals surface area contributed by atoms with Crippen LogP contribution in [-0.2, 0) is 4.79 Å². The number of benzene rings is 1. The van der Waals surface area contributed by atoms with Crippen LogP contribution in [0, 0.1) is 11.8 Å². The normalized spacial score (nSPS) is 22.7. The molecule has 1 heterocycles. The summed E-state index contributed by atoms with van der Waals surface area (Å²) in [6.07, 6.45) is 1.02. The summed E-state index contributed by atoms with van der Waals surface area (Å²) in [6, 6.07) is 7.98. The van der Waals surface area contributed by atoms with E-state index in [4.69, 9.17) is 0 Å². The lowest BCUT2D eigenvalue weighted by molar-refractivity contribution is -0.119. The maximum atomic E-state index is 12.1. The second-order valence-electron chi connectivity index (χ2n) is 4.68. The molecule has 0 radical (unpaired) electrons. The Morgan fingerprint density at radius 2 is 2.18 bits per heavy atom. The third-order valence-corrected chi connectivity index (χ3v) is 4.44. The highest BCUT2D eigenvalue weighted by Crippen LogP contribution is 2.40. The number of hydrogen-bond acceptors (Lipinski definition) is 3. The van der Waals surface area contributed by atoms with Gasteiger partial charge in [-0.1, -0.05) is 30.4 Å². The molecule has 2 aromatic rings. The summed E-state index contributed by atoms with van der Waals surface area (Å²) in [5.41, 5.74) is 0.969. The van der Waals surface area contributed by atoms with Crippen LogP contribution in [0.4, 0.5) is 5.13 Å². The number of carbonyl (C=O) groups excluding carboxylic acids is 1. The first-order valence-corrected chi connectivity index (χ1v) is 6.61. The summed E-state index contributed by atoms with van der Waals surface area (Å²) >= 11 is 1.57. The largest absolute Gasteiger partial charge is 0.291 e. The van der Waals surface area contributed by atoms with Crippen LogP contribution in [0.3, 0.4) is 0 Å². The predicted octanol–water partition coefficient (Wildman–Crippen LogP) is 2.92. The second-order valence-corrected chi connectivity index (χ2v) is 5.69. The Kier molecular flexibility index (Phi) is 2.40. The lowest BCUT2D eigenvalue weighted by atomic mass is 10.3. The zero-order valence-electron chi connectivity index (χ0n) is 9.88. The molecule has 1 aromatic heterocycles. The molecule has 1 amide bonds. The van der Waals surface area contributed by atoms with Gasteiger partial charge < -0.3 is 0 Å². The summed E-state index contributed by atoms with van der Waals surface area (Å²) in [4.78, 5) is 18.3. The van der Waals surface area contributed by atoms with E-state index in [0.717, 1.165) is 21.8 Å². The molecular formula is C13H14N2OS. The molecule has 0 spiro atoms. The first kappa shape index (κ1) is 10.7. The third kappa shape index (κ3) is 1.82. The standard InChI is InChI=1S/C13H14N2OS/c1-8-7-9(8)12(16)15(2)13-14-10-5-3-4-6-11(10)17-13/h3-6,8-9H,7H2,1-2H3/t8-,9-/m1/s1. The van der Waals surface area contributed by atoms with Crippen molar-refractivity contribution in [2.45, 2.75) is 13.3 Å². The lowest BCUT2D eigenvalue weighted by Crippen LogP contribution is -2.27. The SMILES string of the molecule is C[C@@H]1C[C@H]1C(=O)N(C)c1nc2ccccc2s1. The molecule has 1 aliphatic carbocycles. The highest BCUT2D eigenvalue weighted by molar-refractivity contribution is 7.22. The van der Waals surface area contributed by atoms with Gasteiger partial charge in [0.25, 0.3) is 0 Å². The fourth-order valence-corrected chi connectivity index (χ4v) is 2.95. The number of amides is 1. The fraction of sp³-hybridized carbons (Fsp3) is 0.385. The predicted molar refractivity (Wildman–Crippen MR) is 70.3 cm³/mol. The molecule has 0 bridgehead atoms. The number of rotatable bonds is 2. The smallest absolute Gasteiger partial charge is 0.231 e. The molecule has 17 heavy (non-hydrogen) atoms. The van der Waals surface area contributed by atoms with Crippen LogP contribution in [0.1, 0.15) is 13.3 Å². The van der Waals surface area contributed by atoms with Crippen molar-refractivity contribution < 1.29 is 4.79 Å². The number of anilines is 1. The summed E-state index contributed by atoms with van der Waals surface area (Å²) in [5, 5.41) is 0.801. The average Bonchev–Trinajstić information content (AvgIpc) is 2.92. The molecule has 0 aliphatic heterocycles. The Balaban J connectivity index is 1.90. The van der Waals surface area contributed by atoms with E-state index < -0.39 is 0 Å². The van der Waals surface area contributed by atoms with Gasteiger partial charge in [-0.2, -0.15) is 0 Å². The minimum Gasteiger partial charge on any atom is -0.291 e. The first-order chi connectivity index (χ1) is 8.16. The number of fused-ring (bicyclic) bond motifs is 1. The molecule has 88 valence electrons. The third-order valence-electron chi connectivity index (χ3n) is 3.33. The Labute approximate surface area is 104 Å². The molecular weight excluding hydrogens is 232 g/mol. The van der Waals surface area contributed by atoms with Crippen molar-refractivity contribution >= 4 is 32.6 Å². The minimum absolute atomic E-state index is 0.205. The Morgan fingerprint density at radius 1 is 1.47 bits per heavy atom. The summed E-state index contributed by atoms with van der Waals surface area (Å²) < 4.78 is 1.13. The topological polar surface area (TPSA) is 33.2 Å². The van der Waals surface area contributed by atoms with E-state index in [0.29, 0.717) is 5.92 Å². The van der Waals surface area contributed by atoms with Crippen molar-refractivity contribution in [3.63, 3.8) is 0 Å². The number of thiazole rings is 1. The van der Waals surface area contributed by atoms with Crippen LogP contribution < -0.4 is 4.90 Å². The van der Waals surface area contributed by atoms with Crippen molar-refractivity contribution in [3.05, 3.63) is 24.3 Å². The van der Waals surface area contributed by atoms with Crippen LogP contribution in [0.15, 0.2) is 24.3 Å². The summed E-state index contributed by atoms with van der Waals surface area (Å²) in [5.74, 6) is 0.961. The quantitative estimate of drug-likeness (QED) is 0.816. The van der Waals surface area contributed by atoms with Gasteiger partial charge in [0, 0.05) is 13.0 Å². The van der Waals surface area contributed by atoms with E-state index in [1.54, 1.807) is 16.2 Å². The van der Waals surface area contributed by atoms with Gasteiger partial charge >= 0.3 is 0 Å². The van der Waals surface area contributed by atoms with E-state index >= 15 is 0 Å². The zero-order chi connectivity index (χ0) is 12.0. The van der Waals surface area contributed by atoms with E-state index in [1.165, 1.54) is 0 Å². The Bertz CT molecular complexity index is 545. The van der Waals surface area contributed by atoms with E-state index in [9.17, 15) is 4.79 Å². The van der Waals surface area contributed by atoms with Gasteiger partial charge in [0.1, 0.15) is 0 Å². The monoisotopic (exact) mass is 246 g/mol. The molecule has 3 rings (SSSR count). The van der Waals surface area contributed by atoms with Gasteiger partial charge in [-0.15, -0.1) is 0 Å². The number of para-hydroxylation sites is 1. The number of nitrogens with zero attached hydrogens (tertiary/aromatic N) is 2. The molecule has 3 nitrogen and oxygen atoms in total.